The molecule has 94 valence electrons. The Morgan fingerprint density at radius 2 is 2.06 bits per heavy atom. The highest BCUT2D eigenvalue weighted by molar-refractivity contribution is 5.18. The minimum Gasteiger partial charge on any atom is -0.310 e. The third kappa shape index (κ3) is 3.37. The van der Waals surface area contributed by atoms with Crippen LogP contribution in [0.25, 0.3) is 0 Å². The van der Waals surface area contributed by atoms with E-state index in [2.05, 4.69) is 17.2 Å². The highest BCUT2D eigenvalue weighted by Crippen LogP contribution is 2.11. The number of pyridine rings is 1. The number of nitrogens with zero attached hydrogens (tertiary/aromatic N) is 1. The van der Waals surface area contributed by atoms with Gasteiger partial charge in [0.05, 0.1) is 0 Å². The van der Waals surface area contributed by atoms with Gasteiger partial charge < -0.3 is 5.32 Å². The van der Waals surface area contributed by atoms with E-state index >= 15 is 0 Å². The van der Waals surface area contributed by atoms with Gasteiger partial charge in [0.2, 0.25) is 0 Å². The zero-order valence-electron chi connectivity index (χ0n) is 10.4. The minimum atomic E-state index is -0.131. The number of hydrogen-bond donors (Lipinski definition) is 1. The third-order valence-corrected chi connectivity index (χ3v) is 2.99. The number of rotatable bonds is 5. The molecule has 0 saturated heterocycles. The van der Waals surface area contributed by atoms with Crippen LogP contribution >= 0.6 is 0 Å². The second-order valence-corrected chi connectivity index (χ2v) is 4.30. The Labute approximate surface area is 107 Å². The molecule has 0 saturated carbocycles. The van der Waals surface area contributed by atoms with Gasteiger partial charge in [-0.25, -0.2) is 4.39 Å². The first kappa shape index (κ1) is 12.7. The van der Waals surface area contributed by atoms with Crippen molar-refractivity contribution < 1.29 is 4.39 Å². The maximum atomic E-state index is 13.4. The van der Waals surface area contributed by atoms with Crippen molar-refractivity contribution in [2.45, 2.75) is 19.4 Å². The van der Waals surface area contributed by atoms with Gasteiger partial charge in [0.15, 0.2) is 0 Å². The van der Waals surface area contributed by atoms with Crippen LogP contribution in [0.15, 0.2) is 48.8 Å². The lowest BCUT2D eigenvalue weighted by Crippen LogP contribution is -2.21. The van der Waals surface area contributed by atoms with E-state index < -0.39 is 0 Å². The zero-order chi connectivity index (χ0) is 12.8. The maximum absolute atomic E-state index is 13.4. The Hall–Kier alpha value is -1.74. The van der Waals surface area contributed by atoms with E-state index in [1.54, 1.807) is 12.3 Å². The van der Waals surface area contributed by atoms with Crippen LogP contribution in [-0.2, 0) is 6.42 Å². The first-order valence-electron chi connectivity index (χ1n) is 6.14. The van der Waals surface area contributed by atoms with Gasteiger partial charge in [0, 0.05) is 18.4 Å². The summed E-state index contributed by atoms with van der Waals surface area (Å²) in [6.45, 7) is 2.83. The molecule has 1 unspecified atom stereocenters. The molecule has 0 aliphatic rings. The zero-order valence-corrected chi connectivity index (χ0v) is 10.4. The molecule has 2 nitrogen and oxygen atoms in total. The van der Waals surface area contributed by atoms with Crippen LogP contribution in [0.4, 0.5) is 4.39 Å². The van der Waals surface area contributed by atoms with Crippen molar-refractivity contribution in [2.75, 3.05) is 6.54 Å². The second-order valence-electron chi connectivity index (χ2n) is 4.30. The largest absolute Gasteiger partial charge is 0.310 e. The van der Waals surface area contributed by atoms with E-state index in [9.17, 15) is 4.39 Å². The van der Waals surface area contributed by atoms with Crippen LogP contribution in [0, 0.1) is 5.82 Å². The predicted octanol–water partition coefficient (Wildman–Crippen LogP) is 3.11. The molecule has 1 heterocycles. The van der Waals surface area contributed by atoms with Gasteiger partial charge in [0.1, 0.15) is 5.82 Å². The van der Waals surface area contributed by atoms with Crippen molar-refractivity contribution in [2.24, 2.45) is 0 Å². The molecule has 0 amide bonds. The fourth-order valence-electron chi connectivity index (χ4n) is 1.87. The van der Waals surface area contributed by atoms with Gasteiger partial charge in [-0.3, -0.25) is 4.98 Å². The predicted molar refractivity (Wildman–Crippen MR) is 70.8 cm³/mol. The van der Waals surface area contributed by atoms with Gasteiger partial charge in [-0.1, -0.05) is 24.3 Å². The summed E-state index contributed by atoms with van der Waals surface area (Å²) >= 11 is 0. The van der Waals surface area contributed by atoms with Gasteiger partial charge in [-0.15, -0.1) is 0 Å². The average molecular weight is 244 g/mol. The van der Waals surface area contributed by atoms with Crippen molar-refractivity contribution in [3.63, 3.8) is 0 Å². The number of nitrogens with one attached hydrogen (secondary N) is 1. The van der Waals surface area contributed by atoms with Crippen molar-refractivity contribution >= 4 is 0 Å². The Morgan fingerprint density at radius 1 is 1.22 bits per heavy atom. The van der Waals surface area contributed by atoms with Crippen LogP contribution in [0.2, 0.25) is 0 Å². The Morgan fingerprint density at radius 3 is 2.78 bits per heavy atom. The molecule has 0 aliphatic heterocycles. The summed E-state index contributed by atoms with van der Waals surface area (Å²) < 4.78 is 13.4. The summed E-state index contributed by atoms with van der Waals surface area (Å²) in [5.74, 6) is -0.131. The quantitative estimate of drug-likeness (QED) is 0.874. The number of halogens is 1. The van der Waals surface area contributed by atoms with E-state index in [-0.39, 0.29) is 11.9 Å². The van der Waals surface area contributed by atoms with Crippen LogP contribution < -0.4 is 5.32 Å². The lowest BCUT2D eigenvalue weighted by molar-refractivity contribution is 0.558. The van der Waals surface area contributed by atoms with Crippen LogP contribution in [0.3, 0.4) is 0 Å². The molecule has 1 N–H and O–H groups in total. The van der Waals surface area contributed by atoms with Gasteiger partial charge in [0.25, 0.3) is 0 Å². The Bertz CT molecular complexity index is 485. The molecule has 1 aromatic heterocycles. The second kappa shape index (κ2) is 6.26. The van der Waals surface area contributed by atoms with E-state index in [0.717, 1.165) is 17.7 Å². The fraction of sp³-hybridized carbons (Fsp3) is 0.267. The lowest BCUT2D eigenvalue weighted by Gasteiger charge is -2.13. The third-order valence-electron chi connectivity index (χ3n) is 2.99. The van der Waals surface area contributed by atoms with Gasteiger partial charge in [-0.2, -0.15) is 0 Å². The Balaban J connectivity index is 1.84. The van der Waals surface area contributed by atoms with Crippen LogP contribution in [-0.4, -0.2) is 11.5 Å². The van der Waals surface area contributed by atoms with Crippen molar-refractivity contribution in [1.82, 2.24) is 10.3 Å². The topological polar surface area (TPSA) is 24.9 Å². The molecule has 18 heavy (non-hydrogen) atoms. The molecule has 1 atom stereocenters. The van der Waals surface area contributed by atoms with Crippen molar-refractivity contribution in [3.8, 4) is 0 Å². The normalized spacial score (nSPS) is 12.3. The van der Waals surface area contributed by atoms with Crippen molar-refractivity contribution in [1.29, 1.82) is 0 Å². The minimum absolute atomic E-state index is 0.131. The van der Waals surface area contributed by atoms with Crippen molar-refractivity contribution in [3.05, 3.63) is 65.7 Å². The van der Waals surface area contributed by atoms with E-state index in [4.69, 9.17) is 0 Å². The summed E-state index contributed by atoms with van der Waals surface area (Å²) in [7, 11) is 0. The first-order valence-corrected chi connectivity index (χ1v) is 6.14. The summed E-state index contributed by atoms with van der Waals surface area (Å²) in [6, 6.07) is 11.1. The molecule has 2 aromatic rings. The smallest absolute Gasteiger partial charge is 0.126 e. The van der Waals surface area contributed by atoms with Gasteiger partial charge in [-0.05, 0) is 43.1 Å². The molecular formula is C15H17FN2. The summed E-state index contributed by atoms with van der Waals surface area (Å²) in [4.78, 5) is 4.09. The van der Waals surface area contributed by atoms with E-state index in [1.165, 1.54) is 6.07 Å². The maximum Gasteiger partial charge on any atom is 0.126 e. The number of aromatic nitrogens is 1. The summed E-state index contributed by atoms with van der Waals surface area (Å²) in [5, 5.41) is 3.37. The molecule has 0 radical (unpaired) electrons. The van der Waals surface area contributed by atoms with Crippen LogP contribution in [0.5, 0.6) is 0 Å². The molecule has 1 aromatic carbocycles. The molecule has 0 spiro atoms. The highest BCUT2D eigenvalue weighted by atomic mass is 19.1. The fourth-order valence-corrected chi connectivity index (χ4v) is 1.87. The van der Waals surface area contributed by atoms with Gasteiger partial charge >= 0.3 is 0 Å². The van der Waals surface area contributed by atoms with E-state index in [0.29, 0.717) is 6.42 Å². The Kier molecular flexibility index (Phi) is 4.42. The standard InChI is InChI=1S/C15H17FN2/c1-12(14-6-4-9-17-11-14)18-10-8-13-5-2-3-7-15(13)16/h2-7,9,11-12,18H,8,10H2,1H3. The summed E-state index contributed by atoms with van der Waals surface area (Å²) in [5.41, 5.74) is 1.90. The number of benzene rings is 1. The number of hydrogen-bond acceptors (Lipinski definition) is 2. The molecule has 2 rings (SSSR count). The highest BCUT2D eigenvalue weighted by Gasteiger charge is 2.05. The molecule has 0 fully saturated rings. The SMILES string of the molecule is CC(NCCc1ccccc1F)c1cccnc1. The summed E-state index contributed by atoms with van der Waals surface area (Å²) in [6.07, 6.45) is 4.30. The van der Waals surface area contributed by atoms with E-state index in [1.807, 2.05) is 30.5 Å². The molecule has 0 bridgehead atoms. The van der Waals surface area contributed by atoms with Crippen LogP contribution in [0.1, 0.15) is 24.1 Å². The molecule has 0 aliphatic carbocycles. The average Bonchev–Trinajstić information content (AvgIpc) is 2.42. The first-order chi connectivity index (χ1) is 8.77. The molecular weight excluding hydrogens is 227 g/mol. The molecule has 3 heteroatoms. The monoisotopic (exact) mass is 244 g/mol. The lowest BCUT2D eigenvalue weighted by atomic mass is 10.1.